The van der Waals surface area contributed by atoms with E-state index in [1.807, 2.05) is 0 Å². The van der Waals surface area contributed by atoms with Crippen molar-refractivity contribution < 1.29 is 14.7 Å². The van der Waals surface area contributed by atoms with Crippen LogP contribution in [0.15, 0.2) is 18.5 Å². The summed E-state index contributed by atoms with van der Waals surface area (Å²) in [6.45, 7) is 5.33. The number of carboxylic acid groups (broad SMARTS) is 1. The summed E-state index contributed by atoms with van der Waals surface area (Å²) >= 11 is 0. The number of hydrogen-bond acceptors (Lipinski definition) is 3. The molecule has 4 unspecified atom stereocenters. The average molecular weight is 307 g/mol. The van der Waals surface area contributed by atoms with Crippen molar-refractivity contribution in [3.8, 4) is 0 Å². The SMILES string of the molecule is CC1CCCCC1NC(=O)C(C)C(C)(C(=O)O)n1cccn1. The van der Waals surface area contributed by atoms with Gasteiger partial charge < -0.3 is 10.4 Å². The zero-order valence-electron chi connectivity index (χ0n) is 13.5. The highest BCUT2D eigenvalue weighted by atomic mass is 16.4. The largest absolute Gasteiger partial charge is 0.479 e. The van der Waals surface area contributed by atoms with Crippen LogP contribution in [-0.4, -0.2) is 32.8 Å². The molecule has 1 fully saturated rings. The Kier molecular flexibility index (Phi) is 4.88. The second kappa shape index (κ2) is 6.50. The van der Waals surface area contributed by atoms with Crippen LogP contribution in [0.1, 0.15) is 46.5 Å². The lowest BCUT2D eigenvalue weighted by atomic mass is 9.83. The third-order valence-electron chi connectivity index (χ3n) is 5.09. The summed E-state index contributed by atoms with van der Waals surface area (Å²) in [6.07, 6.45) is 7.48. The maximum Gasteiger partial charge on any atom is 0.332 e. The maximum atomic E-state index is 12.6. The van der Waals surface area contributed by atoms with E-state index in [1.54, 1.807) is 19.2 Å². The van der Waals surface area contributed by atoms with E-state index in [-0.39, 0.29) is 11.9 Å². The Bertz CT molecular complexity index is 529. The summed E-state index contributed by atoms with van der Waals surface area (Å²) < 4.78 is 1.35. The molecule has 0 radical (unpaired) electrons. The fraction of sp³-hybridized carbons (Fsp3) is 0.688. The molecule has 4 atom stereocenters. The highest BCUT2D eigenvalue weighted by Crippen LogP contribution is 2.28. The van der Waals surface area contributed by atoms with Gasteiger partial charge in [-0.3, -0.25) is 9.48 Å². The molecule has 1 aliphatic rings. The number of aromatic nitrogens is 2. The van der Waals surface area contributed by atoms with E-state index in [2.05, 4.69) is 17.3 Å². The van der Waals surface area contributed by atoms with Crippen LogP contribution in [0.2, 0.25) is 0 Å². The van der Waals surface area contributed by atoms with E-state index in [4.69, 9.17) is 0 Å². The minimum absolute atomic E-state index is 0.138. The molecule has 1 heterocycles. The predicted molar refractivity (Wildman–Crippen MR) is 82.2 cm³/mol. The molecule has 1 aliphatic carbocycles. The molecule has 2 rings (SSSR count). The van der Waals surface area contributed by atoms with Crippen LogP contribution in [0, 0.1) is 11.8 Å². The lowest BCUT2D eigenvalue weighted by molar-refractivity contribution is -0.154. The van der Waals surface area contributed by atoms with Gasteiger partial charge >= 0.3 is 5.97 Å². The van der Waals surface area contributed by atoms with Crippen molar-refractivity contribution in [1.29, 1.82) is 0 Å². The molecule has 6 nitrogen and oxygen atoms in total. The first-order valence-corrected chi connectivity index (χ1v) is 7.91. The van der Waals surface area contributed by atoms with Crippen LogP contribution in [0.25, 0.3) is 0 Å². The molecule has 1 aromatic rings. The Labute approximate surface area is 130 Å². The summed E-state index contributed by atoms with van der Waals surface area (Å²) in [6, 6.07) is 1.80. The standard InChI is InChI=1S/C16H25N3O3/c1-11-7-4-5-8-13(11)18-14(20)12(2)16(3,15(21)22)19-10-6-9-17-19/h6,9-13H,4-5,7-8H2,1-3H3,(H,18,20)(H,21,22). The average Bonchev–Trinajstić information content (AvgIpc) is 3.02. The van der Waals surface area contributed by atoms with Crippen molar-refractivity contribution in [1.82, 2.24) is 15.1 Å². The zero-order valence-corrected chi connectivity index (χ0v) is 13.5. The highest BCUT2D eigenvalue weighted by Gasteiger charge is 2.45. The van der Waals surface area contributed by atoms with Gasteiger partial charge in [0.2, 0.25) is 5.91 Å². The molecule has 1 amide bonds. The van der Waals surface area contributed by atoms with Crippen molar-refractivity contribution >= 4 is 11.9 Å². The Morgan fingerprint density at radius 1 is 1.41 bits per heavy atom. The summed E-state index contributed by atoms with van der Waals surface area (Å²) in [5, 5.41) is 16.7. The van der Waals surface area contributed by atoms with Crippen LogP contribution in [0.5, 0.6) is 0 Å². The number of hydrogen-bond donors (Lipinski definition) is 2. The number of carboxylic acids is 1. The first-order valence-electron chi connectivity index (χ1n) is 7.91. The van der Waals surface area contributed by atoms with Crippen molar-refractivity contribution in [2.24, 2.45) is 11.8 Å². The molecular weight excluding hydrogens is 282 g/mol. The zero-order chi connectivity index (χ0) is 16.3. The van der Waals surface area contributed by atoms with Crippen LogP contribution < -0.4 is 5.32 Å². The summed E-state index contributed by atoms with van der Waals surface area (Å²) in [7, 11) is 0. The quantitative estimate of drug-likeness (QED) is 0.871. The van der Waals surface area contributed by atoms with E-state index in [0.29, 0.717) is 5.92 Å². The van der Waals surface area contributed by atoms with Crippen LogP contribution in [-0.2, 0) is 15.1 Å². The molecule has 0 aliphatic heterocycles. The van der Waals surface area contributed by atoms with Gasteiger partial charge in [0.15, 0.2) is 5.54 Å². The van der Waals surface area contributed by atoms with Gasteiger partial charge in [0.1, 0.15) is 0 Å². The van der Waals surface area contributed by atoms with Crippen LogP contribution in [0.3, 0.4) is 0 Å². The van der Waals surface area contributed by atoms with E-state index >= 15 is 0 Å². The van der Waals surface area contributed by atoms with Crippen molar-refractivity contribution in [2.75, 3.05) is 0 Å². The molecule has 6 heteroatoms. The molecule has 1 saturated carbocycles. The molecule has 0 saturated heterocycles. The minimum atomic E-state index is -1.40. The number of nitrogens with one attached hydrogen (secondary N) is 1. The van der Waals surface area contributed by atoms with Gasteiger partial charge in [0.05, 0.1) is 5.92 Å². The topological polar surface area (TPSA) is 84.2 Å². The maximum absolute atomic E-state index is 12.6. The first kappa shape index (κ1) is 16.5. The Balaban J connectivity index is 2.15. The van der Waals surface area contributed by atoms with Gasteiger partial charge in [-0.15, -0.1) is 0 Å². The van der Waals surface area contributed by atoms with Crippen molar-refractivity contribution in [3.05, 3.63) is 18.5 Å². The second-order valence-corrected chi connectivity index (χ2v) is 6.50. The minimum Gasteiger partial charge on any atom is -0.479 e. The fourth-order valence-electron chi connectivity index (χ4n) is 3.12. The molecule has 0 bridgehead atoms. The molecule has 0 aromatic carbocycles. The molecule has 1 aromatic heterocycles. The highest BCUT2D eigenvalue weighted by molar-refractivity contribution is 5.88. The molecule has 0 spiro atoms. The van der Waals surface area contributed by atoms with Crippen LogP contribution in [0.4, 0.5) is 0 Å². The van der Waals surface area contributed by atoms with Crippen molar-refractivity contribution in [2.45, 2.75) is 58.0 Å². The smallest absolute Gasteiger partial charge is 0.332 e. The predicted octanol–water partition coefficient (Wildman–Crippen LogP) is 2.01. The van der Waals surface area contributed by atoms with Gasteiger partial charge in [-0.2, -0.15) is 5.10 Å². The first-order chi connectivity index (χ1) is 10.4. The number of aliphatic carboxylic acids is 1. The van der Waals surface area contributed by atoms with Crippen LogP contribution >= 0.6 is 0 Å². The monoisotopic (exact) mass is 307 g/mol. The van der Waals surface area contributed by atoms with Crippen molar-refractivity contribution in [3.63, 3.8) is 0 Å². The molecule has 22 heavy (non-hydrogen) atoms. The summed E-state index contributed by atoms with van der Waals surface area (Å²) in [5.41, 5.74) is -1.40. The third-order valence-corrected chi connectivity index (χ3v) is 5.09. The van der Waals surface area contributed by atoms with E-state index < -0.39 is 17.4 Å². The molecule has 122 valence electrons. The Hall–Kier alpha value is -1.85. The second-order valence-electron chi connectivity index (χ2n) is 6.50. The number of carbonyl (C=O) groups is 2. The van der Waals surface area contributed by atoms with E-state index in [0.717, 1.165) is 19.3 Å². The van der Waals surface area contributed by atoms with E-state index in [1.165, 1.54) is 24.2 Å². The normalized spacial score (nSPS) is 26.0. The van der Waals surface area contributed by atoms with E-state index in [9.17, 15) is 14.7 Å². The Morgan fingerprint density at radius 2 is 2.09 bits per heavy atom. The third kappa shape index (κ3) is 3.00. The van der Waals surface area contributed by atoms with Gasteiger partial charge in [-0.25, -0.2) is 4.79 Å². The van der Waals surface area contributed by atoms with Gasteiger partial charge in [0.25, 0.3) is 0 Å². The van der Waals surface area contributed by atoms with Gasteiger partial charge in [0, 0.05) is 18.4 Å². The number of carbonyl (C=O) groups excluding carboxylic acids is 1. The lowest BCUT2D eigenvalue weighted by Crippen LogP contribution is -2.53. The Morgan fingerprint density at radius 3 is 2.64 bits per heavy atom. The summed E-state index contributed by atoms with van der Waals surface area (Å²) in [4.78, 5) is 24.4. The molecular formula is C16H25N3O3. The van der Waals surface area contributed by atoms with Gasteiger partial charge in [-0.05, 0) is 31.7 Å². The lowest BCUT2D eigenvalue weighted by Gasteiger charge is -2.34. The number of nitrogens with zero attached hydrogens (tertiary/aromatic N) is 2. The fourth-order valence-corrected chi connectivity index (χ4v) is 3.12. The number of rotatable bonds is 5. The number of amides is 1. The van der Waals surface area contributed by atoms with Gasteiger partial charge in [-0.1, -0.05) is 26.7 Å². The molecule has 2 N–H and O–H groups in total. The summed E-state index contributed by atoms with van der Waals surface area (Å²) in [5.74, 6) is -1.57.